The van der Waals surface area contributed by atoms with Crippen molar-refractivity contribution in [3.8, 4) is 0 Å². The molecule has 0 bridgehead atoms. The molecule has 102 valence electrons. The lowest BCUT2D eigenvalue weighted by Crippen LogP contribution is -2.16. The summed E-state index contributed by atoms with van der Waals surface area (Å²) < 4.78 is 0. The number of nitrogens with one attached hydrogen (secondary N) is 1. The first kappa shape index (κ1) is 13.8. The van der Waals surface area contributed by atoms with Crippen LogP contribution in [0, 0.1) is 0 Å². The summed E-state index contributed by atoms with van der Waals surface area (Å²) in [5.41, 5.74) is 7.10. The number of benzene rings is 1. The average Bonchev–Trinajstić information content (AvgIpc) is 2.35. The van der Waals surface area contributed by atoms with E-state index in [0.717, 1.165) is 22.3 Å². The maximum atomic E-state index is 5.68. The number of nitrogens with zero attached hydrogens (tertiary/aromatic N) is 1. The Morgan fingerprint density at radius 3 is 2.37 bits per heavy atom. The lowest BCUT2D eigenvalue weighted by molar-refractivity contribution is 0.572. The molecular weight excluding hydrogens is 234 g/mol. The first-order valence-corrected chi connectivity index (χ1v) is 6.74. The molecule has 0 saturated heterocycles. The minimum absolute atomic E-state index is 0.0104. The number of hydrogen-bond donors (Lipinski definition) is 2. The van der Waals surface area contributed by atoms with Crippen LogP contribution < -0.4 is 11.3 Å². The van der Waals surface area contributed by atoms with Gasteiger partial charge in [0.2, 0.25) is 0 Å². The van der Waals surface area contributed by atoms with Crippen LogP contribution in [0.25, 0.3) is 10.9 Å². The number of rotatable bonds is 2. The first-order chi connectivity index (χ1) is 8.82. The van der Waals surface area contributed by atoms with Crippen molar-refractivity contribution in [2.45, 2.75) is 46.0 Å². The number of hydrogen-bond acceptors (Lipinski definition) is 3. The largest absolute Gasteiger partial charge is 0.323 e. The van der Waals surface area contributed by atoms with Gasteiger partial charge in [-0.2, -0.15) is 0 Å². The van der Waals surface area contributed by atoms with E-state index < -0.39 is 0 Å². The van der Waals surface area contributed by atoms with Gasteiger partial charge in [-0.3, -0.25) is 10.8 Å². The number of aromatic nitrogens is 1. The third kappa shape index (κ3) is 2.71. The molecular formula is C16H23N3. The van der Waals surface area contributed by atoms with Crippen molar-refractivity contribution < 1.29 is 0 Å². The van der Waals surface area contributed by atoms with Gasteiger partial charge in [0.1, 0.15) is 0 Å². The number of nitrogens with two attached hydrogens (primary N) is 1. The molecule has 0 aliphatic carbocycles. The minimum Gasteiger partial charge on any atom is -0.323 e. The first-order valence-electron chi connectivity index (χ1n) is 6.74. The van der Waals surface area contributed by atoms with Crippen LogP contribution in [0.15, 0.2) is 24.3 Å². The van der Waals surface area contributed by atoms with Crippen molar-refractivity contribution >= 4 is 16.6 Å². The van der Waals surface area contributed by atoms with Crippen molar-refractivity contribution in [2.24, 2.45) is 5.84 Å². The van der Waals surface area contributed by atoms with Crippen molar-refractivity contribution in [1.82, 2.24) is 4.98 Å². The number of fused-ring (bicyclic) bond motifs is 1. The molecule has 0 unspecified atom stereocenters. The Morgan fingerprint density at radius 2 is 1.84 bits per heavy atom. The number of hydrazine groups is 1. The van der Waals surface area contributed by atoms with Crippen molar-refractivity contribution in [3.63, 3.8) is 0 Å². The Hall–Kier alpha value is -1.61. The Labute approximate surface area is 115 Å². The summed E-state index contributed by atoms with van der Waals surface area (Å²) in [4.78, 5) is 4.76. The second-order valence-electron chi connectivity index (χ2n) is 6.38. The van der Waals surface area contributed by atoms with E-state index in [1.807, 2.05) is 6.07 Å². The summed E-state index contributed by atoms with van der Waals surface area (Å²) in [5.74, 6) is 6.17. The predicted molar refractivity (Wildman–Crippen MR) is 82.3 cm³/mol. The van der Waals surface area contributed by atoms with Crippen LogP contribution in [0.1, 0.15) is 51.8 Å². The fourth-order valence-electron chi connectivity index (χ4n) is 2.11. The SMILES string of the molecule is CC(C)c1ccc2nc(C(C)(C)C)cc(NN)c2c1. The molecule has 19 heavy (non-hydrogen) atoms. The summed E-state index contributed by atoms with van der Waals surface area (Å²) in [7, 11) is 0. The third-order valence-electron chi connectivity index (χ3n) is 3.42. The van der Waals surface area contributed by atoms with E-state index in [1.54, 1.807) is 0 Å². The number of nitrogen functional groups attached to an aromatic ring is 1. The van der Waals surface area contributed by atoms with Crippen LogP contribution in [0.2, 0.25) is 0 Å². The van der Waals surface area contributed by atoms with Crippen molar-refractivity contribution in [3.05, 3.63) is 35.5 Å². The van der Waals surface area contributed by atoms with Crippen LogP contribution in [0.4, 0.5) is 5.69 Å². The van der Waals surface area contributed by atoms with Gasteiger partial charge in [0, 0.05) is 16.5 Å². The Bertz CT molecular complexity index is 595. The van der Waals surface area contributed by atoms with Gasteiger partial charge in [0.05, 0.1) is 11.2 Å². The Balaban J connectivity index is 2.70. The number of anilines is 1. The van der Waals surface area contributed by atoms with Gasteiger partial charge in [0.15, 0.2) is 0 Å². The summed E-state index contributed by atoms with van der Waals surface area (Å²) in [6.07, 6.45) is 0. The van der Waals surface area contributed by atoms with E-state index in [-0.39, 0.29) is 5.41 Å². The molecule has 1 aromatic heterocycles. The summed E-state index contributed by atoms with van der Waals surface area (Å²) >= 11 is 0. The van der Waals surface area contributed by atoms with Gasteiger partial charge in [-0.1, -0.05) is 40.7 Å². The molecule has 0 fully saturated rings. The maximum Gasteiger partial charge on any atom is 0.0727 e. The highest BCUT2D eigenvalue weighted by molar-refractivity contribution is 5.92. The van der Waals surface area contributed by atoms with Gasteiger partial charge in [-0.25, -0.2) is 0 Å². The zero-order chi connectivity index (χ0) is 14.2. The van der Waals surface area contributed by atoms with Gasteiger partial charge in [-0.15, -0.1) is 0 Å². The van der Waals surface area contributed by atoms with Crippen LogP contribution in [-0.2, 0) is 5.41 Å². The lowest BCUT2D eigenvalue weighted by Gasteiger charge is -2.20. The number of pyridine rings is 1. The molecule has 3 N–H and O–H groups in total. The quantitative estimate of drug-likeness (QED) is 0.633. The third-order valence-corrected chi connectivity index (χ3v) is 3.42. The molecule has 2 rings (SSSR count). The summed E-state index contributed by atoms with van der Waals surface area (Å²) in [6, 6.07) is 8.45. The molecule has 0 spiro atoms. The highest BCUT2D eigenvalue weighted by Crippen LogP contribution is 2.30. The predicted octanol–water partition coefficient (Wildman–Crippen LogP) is 3.94. The van der Waals surface area contributed by atoms with E-state index >= 15 is 0 Å². The van der Waals surface area contributed by atoms with Crippen LogP contribution in [-0.4, -0.2) is 4.98 Å². The fourth-order valence-corrected chi connectivity index (χ4v) is 2.11. The molecule has 0 saturated carbocycles. The van der Waals surface area contributed by atoms with E-state index in [4.69, 9.17) is 10.8 Å². The molecule has 0 radical (unpaired) electrons. The zero-order valence-corrected chi connectivity index (χ0v) is 12.4. The smallest absolute Gasteiger partial charge is 0.0727 e. The molecule has 0 atom stereocenters. The van der Waals surface area contributed by atoms with E-state index in [1.165, 1.54) is 5.56 Å². The van der Waals surface area contributed by atoms with E-state index in [0.29, 0.717) is 5.92 Å². The summed E-state index contributed by atoms with van der Waals surface area (Å²) in [5, 5.41) is 1.08. The van der Waals surface area contributed by atoms with Gasteiger partial charge in [0.25, 0.3) is 0 Å². The molecule has 0 amide bonds. The Morgan fingerprint density at radius 1 is 1.16 bits per heavy atom. The standard InChI is InChI=1S/C16H23N3/c1-10(2)11-6-7-13-12(8-11)14(19-17)9-15(18-13)16(3,4)5/h6-10H,17H2,1-5H3,(H,18,19). The normalized spacial score (nSPS) is 12.2. The van der Waals surface area contributed by atoms with E-state index in [2.05, 4.69) is 58.2 Å². The molecule has 2 aromatic rings. The van der Waals surface area contributed by atoms with Crippen LogP contribution in [0.5, 0.6) is 0 Å². The van der Waals surface area contributed by atoms with Gasteiger partial charge in [-0.05, 0) is 29.7 Å². The summed E-state index contributed by atoms with van der Waals surface area (Å²) in [6.45, 7) is 10.8. The lowest BCUT2D eigenvalue weighted by atomic mass is 9.90. The van der Waals surface area contributed by atoms with Gasteiger partial charge >= 0.3 is 0 Å². The molecule has 0 aliphatic heterocycles. The van der Waals surface area contributed by atoms with Crippen molar-refractivity contribution in [2.75, 3.05) is 5.43 Å². The maximum absolute atomic E-state index is 5.68. The van der Waals surface area contributed by atoms with Gasteiger partial charge < -0.3 is 5.43 Å². The molecule has 0 aliphatic rings. The molecule has 3 nitrogen and oxygen atoms in total. The van der Waals surface area contributed by atoms with Crippen LogP contribution in [0.3, 0.4) is 0 Å². The second kappa shape index (κ2) is 4.82. The molecule has 3 heteroatoms. The zero-order valence-electron chi connectivity index (χ0n) is 12.4. The monoisotopic (exact) mass is 257 g/mol. The van der Waals surface area contributed by atoms with Crippen molar-refractivity contribution in [1.29, 1.82) is 0 Å². The fraction of sp³-hybridized carbons (Fsp3) is 0.438. The minimum atomic E-state index is 0.0104. The molecule has 1 heterocycles. The topological polar surface area (TPSA) is 50.9 Å². The second-order valence-corrected chi connectivity index (χ2v) is 6.38. The van der Waals surface area contributed by atoms with E-state index in [9.17, 15) is 0 Å². The Kier molecular flexibility index (Phi) is 3.50. The van der Waals surface area contributed by atoms with Crippen LogP contribution >= 0.6 is 0 Å². The highest BCUT2D eigenvalue weighted by atomic mass is 15.2. The highest BCUT2D eigenvalue weighted by Gasteiger charge is 2.18. The molecule has 1 aromatic carbocycles. The average molecular weight is 257 g/mol.